The molecule has 0 spiro atoms. The summed E-state index contributed by atoms with van der Waals surface area (Å²) in [4.78, 5) is 19.2. The summed E-state index contributed by atoms with van der Waals surface area (Å²) < 4.78 is 11.2. The largest absolute Gasteiger partial charge is 0.381 e. The third-order valence-electron chi connectivity index (χ3n) is 5.69. The second kappa shape index (κ2) is 8.81. The zero-order valence-corrected chi connectivity index (χ0v) is 15.8. The number of rotatable bonds is 4. The number of carbonyl (C=O) groups excluding carboxylic acids is 1. The van der Waals surface area contributed by atoms with E-state index in [2.05, 4.69) is 29.2 Å². The molecule has 2 saturated heterocycles. The van der Waals surface area contributed by atoms with Crippen molar-refractivity contribution < 1.29 is 14.3 Å². The number of hydrogen-bond donors (Lipinski definition) is 0. The van der Waals surface area contributed by atoms with Gasteiger partial charge >= 0.3 is 0 Å². The van der Waals surface area contributed by atoms with Gasteiger partial charge in [-0.1, -0.05) is 12.1 Å². The molecule has 1 aromatic heterocycles. The summed E-state index contributed by atoms with van der Waals surface area (Å²) in [7, 11) is 0. The number of ether oxygens (including phenoxy) is 2. The molecule has 0 radical (unpaired) electrons. The van der Waals surface area contributed by atoms with Gasteiger partial charge in [-0.2, -0.15) is 0 Å². The van der Waals surface area contributed by atoms with Gasteiger partial charge < -0.3 is 14.4 Å². The molecule has 1 amide bonds. The lowest BCUT2D eigenvalue weighted by molar-refractivity contribution is -0.133. The summed E-state index contributed by atoms with van der Waals surface area (Å²) in [5.41, 5.74) is 2.30. The van der Waals surface area contributed by atoms with E-state index in [-0.39, 0.29) is 5.91 Å². The highest BCUT2D eigenvalue weighted by molar-refractivity contribution is 5.79. The highest BCUT2D eigenvalue weighted by atomic mass is 16.5. The van der Waals surface area contributed by atoms with E-state index in [4.69, 9.17) is 9.47 Å². The first-order valence-electron chi connectivity index (χ1n) is 10.0. The molecule has 3 heterocycles. The number of carbonyl (C=O) groups is 1. The number of aromatic nitrogens is 1. The molecule has 2 aliphatic rings. The molecule has 27 heavy (non-hydrogen) atoms. The molecule has 2 fully saturated rings. The van der Waals surface area contributed by atoms with Gasteiger partial charge in [0.25, 0.3) is 0 Å². The van der Waals surface area contributed by atoms with E-state index in [0.717, 1.165) is 49.9 Å². The standard InChI is InChI=1S/C22H28N2O3/c25-22(14-17-5-9-26-10-6-17)24-8-11-27-16-19(15-24)12-18-3-4-21-20(13-18)2-1-7-23-21/h1-4,7,13,17,19H,5-6,8-12,14-16H2/t19-/m0/s1. The molecule has 5 heteroatoms. The van der Waals surface area contributed by atoms with Gasteiger partial charge in [-0.3, -0.25) is 9.78 Å². The average Bonchev–Trinajstić information content (AvgIpc) is 2.94. The minimum Gasteiger partial charge on any atom is -0.381 e. The van der Waals surface area contributed by atoms with Crippen LogP contribution in [0.3, 0.4) is 0 Å². The normalized spacial score (nSPS) is 21.9. The van der Waals surface area contributed by atoms with E-state index in [1.165, 1.54) is 5.56 Å². The molecule has 0 unspecified atom stereocenters. The predicted octanol–water partition coefficient (Wildman–Crippen LogP) is 3.07. The van der Waals surface area contributed by atoms with Crippen LogP contribution < -0.4 is 0 Å². The smallest absolute Gasteiger partial charge is 0.222 e. The quantitative estimate of drug-likeness (QED) is 0.832. The Kier molecular flexibility index (Phi) is 6.00. The molecule has 2 aromatic rings. The maximum absolute atomic E-state index is 12.8. The van der Waals surface area contributed by atoms with Crippen LogP contribution in [0.25, 0.3) is 10.9 Å². The van der Waals surface area contributed by atoms with Crippen LogP contribution in [-0.4, -0.2) is 55.3 Å². The number of benzene rings is 1. The Bertz CT molecular complexity index is 773. The van der Waals surface area contributed by atoms with Crippen LogP contribution >= 0.6 is 0 Å². The highest BCUT2D eigenvalue weighted by Crippen LogP contribution is 2.22. The SMILES string of the molecule is O=C(CC1CCOCC1)N1CCOC[C@@H](Cc2ccc3ncccc3c2)C1. The van der Waals surface area contributed by atoms with Crippen LogP contribution in [0, 0.1) is 11.8 Å². The minimum atomic E-state index is 0.278. The Hall–Kier alpha value is -1.98. The number of hydrogen-bond acceptors (Lipinski definition) is 4. The summed E-state index contributed by atoms with van der Waals surface area (Å²) in [6.07, 6.45) is 5.40. The summed E-state index contributed by atoms with van der Waals surface area (Å²) in [5, 5.41) is 1.16. The van der Waals surface area contributed by atoms with Crippen molar-refractivity contribution in [1.29, 1.82) is 0 Å². The number of amides is 1. The van der Waals surface area contributed by atoms with Crippen molar-refractivity contribution in [1.82, 2.24) is 9.88 Å². The maximum Gasteiger partial charge on any atom is 0.222 e. The summed E-state index contributed by atoms with van der Waals surface area (Å²) in [5.74, 6) is 1.09. The van der Waals surface area contributed by atoms with E-state index in [9.17, 15) is 4.79 Å². The van der Waals surface area contributed by atoms with Gasteiger partial charge in [0.1, 0.15) is 0 Å². The molecule has 4 rings (SSSR count). The Morgan fingerprint density at radius 3 is 2.89 bits per heavy atom. The van der Waals surface area contributed by atoms with E-state index >= 15 is 0 Å². The molecule has 0 N–H and O–H groups in total. The maximum atomic E-state index is 12.8. The van der Waals surface area contributed by atoms with Gasteiger partial charge in [0.15, 0.2) is 0 Å². The van der Waals surface area contributed by atoms with Crippen molar-refractivity contribution >= 4 is 16.8 Å². The van der Waals surface area contributed by atoms with E-state index < -0.39 is 0 Å². The first-order chi connectivity index (χ1) is 13.3. The van der Waals surface area contributed by atoms with Crippen molar-refractivity contribution in [3.63, 3.8) is 0 Å². The fourth-order valence-corrected chi connectivity index (χ4v) is 4.14. The molecule has 0 bridgehead atoms. The van der Waals surface area contributed by atoms with Crippen molar-refractivity contribution in [2.75, 3.05) is 39.5 Å². The topological polar surface area (TPSA) is 51.7 Å². The summed E-state index contributed by atoms with van der Waals surface area (Å²) in [6, 6.07) is 10.5. The molecule has 144 valence electrons. The second-order valence-electron chi connectivity index (χ2n) is 7.78. The Morgan fingerprint density at radius 1 is 1.11 bits per heavy atom. The third-order valence-corrected chi connectivity index (χ3v) is 5.69. The fourth-order valence-electron chi connectivity index (χ4n) is 4.14. The van der Waals surface area contributed by atoms with Crippen molar-refractivity contribution in [3.8, 4) is 0 Å². The molecule has 2 aliphatic heterocycles. The Labute approximate surface area is 160 Å². The average molecular weight is 368 g/mol. The van der Waals surface area contributed by atoms with Crippen LogP contribution in [0.5, 0.6) is 0 Å². The highest BCUT2D eigenvalue weighted by Gasteiger charge is 2.25. The number of pyridine rings is 1. The van der Waals surface area contributed by atoms with Gasteiger partial charge in [-0.05, 0) is 48.9 Å². The number of nitrogens with zero attached hydrogens (tertiary/aromatic N) is 2. The predicted molar refractivity (Wildman–Crippen MR) is 104 cm³/mol. The van der Waals surface area contributed by atoms with E-state index in [1.54, 1.807) is 0 Å². The molecular weight excluding hydrogens is 340 g/mol. The van der Waals surface area contributed by atoms with Crippen molar-refractivity contribution in [2.24, 2.45) is 11.8 Å². The molecular formula is C22H28N2O3. The van der Waals surface area contributed by atoms with Crippen LogP contribution in [0.1, 0.15) is 24.8 Å². The molecule has 1 aromatic carbocycles. The van der Waals surface area contributed by atoms with Gasteiger partial charge in [0, 0.05) is 50.2 Å². The Balaban J connectivity index is 1.39. The second-order valence-corrected chi connectivity index (χ2v) is 7.78. The summed E-state index contributed by atoms with van der Waals surface area (Å²) >= 11 is 0. The van der Waals surface area contributed by atoms with E-state index in [1.807, 2.05) is 17.2 Å². The van der Waals surface area contributed by atoms with Gasteiger partial charge in [0.2, 0.25) is 5.91 Å². The lowest BCUT2D eigenvalue weighted by atomic mass is 9.95. The van der Waals surface area contributed by atoms with Crippen molar-refractivity contribution in [3.05, 3.63) is 42.1 Å². The van der Waals surface area contributed by atoms with Crippen LogP contribution in [0.2, 0.25) is 0 Å². The lowest BCUT2D eigenvalue weighted by Gasteiger charge is -2.27. The van der Waals surface area contributed by atoms with Gasteiger partial charge in [-0.15, -0.1) is 0 Å². The van der Waals surface area contributed by atoms with Crippen LogP contribution in [0.15, 0.2) is 36.5 Å². The zero-order chi connectivity index (χ0) is 18.5. The molecule has 1 atom stereocenters. The van der Waals surface area contributed by atoms with Crippen molar-refractivity contribution in [2.45, 2.75) is 25.7 Å². The molecule has 0 saturated carbocycles. The first-order valence-corrected chi connectivity index (χ1v) is 10.0. The fraction of sp³-hybridized carbons (Fsp3) is 0.545. The molecule has 5 nitrogen and oxygen atoms in total. The molecule has 0 aliphatic carbocycles. The minimum absolute atomic E-state index is 0.278. The van der Waals surface area contributed by atoms with Gasteiger partial charge in [0.05, 0.1) is 18.7 Å². The monoisotopic (exact) mass is 368 g/mol. The Morgan fingerprint density at radius 2 is 2.00 bits per heavy atom. The first kappa shape index (κ1) is 18.4. The van der Waals surface area contributed by atoms with Crippen LogP contribution in [0.4, 0.5) is 0 Å². The third kappa shape index (κ3) is 4.85. The summed E-state index contributed by atoms with van der Waals surface area (Å²) in [6.45, 7) is 4.43. The number of fused-ring (bicyclic) bond motifs is 1. The van der Waals surface area contributed by atoms with Gasteiger partial charge in [-0.25, -0.2) is 0 Å². The van der Waals surface area contributed by atoms with E-state index in [0.29, 0.717) is 38.0 Å². The zero-order valence-electron chi connectivity index (χ0n) is 15.8. The lowest BCUT2D eigenvalue weighted by Crippen LogP contribution is -2.37. The van der Waals surface area contributed by atoms with Crippen LogP contribution in [-0.2, 0) is 20.7 Å².